The van der Waals surface area contributed by atoms with Crippen molar-refractivity contribution in [2.45, 2.75) is 24.2 Å². The molecule has 2 aromatic carbocycles. The summed E-state index contributed by atoms with van der Waals surface area (Å²) in [6.45, 7) is 0. The van der Waals surface area contributed by atoms with Crippen LogP contribution in [0.4, 0.5) is 5.69 Å². The van der Waals surface area contributed by atoms with E-state index in [4.69, 9.17) is 0 Å². The molecule has 0 spiro atoms. The van der Waals surface area contributed by atoms with Crippen molar-refractivity contribution >= 4 is 23.4 Å². The fourth-order valence-corrected chi connectivity index (χ4v) is 3.24. The zero-order valence-electron chi connectivity index (χ0n) is 11.6. The maximum absolute atomic E-state index is 12.0. The number of phenols is 1. The highest BCUT2D eigenvalue weighted by Crippen LogP contribution is 2.25. The van der Waals surface area contributed by atoms with E-state index in [2.05, 4.69) is 17.4 Å². The second kappa shape index (κ2) is 6.22. The number of benzene rings is 2. The van der Waals surface area contributed by atoms with Crippen molar-refractivity contribution in [3.8, 4) is 5.75 Å². The number of amides is 1. The Bertz CT molecular complexity index is 652. The van der Waals surface area contributed by atoms with E-state index in [1.54, 1.807) is 12.1 Å². The zero-order chi connectivity index (χ0) is 14.7. The minimum Gasteiger partial charge on any atom is -0.508 e. The monoisotopic (exact) mass is 299 g/mol. The van der Waals surface area contributed by atoms with Gasteiger partial charge in [-0.25, -0.2) is 0 Å². The largest absolute Gasteiger partial charge is 0.508 e. The molecule has 0 unspecified atom stereocenters. The lowest BCUT2D eigenvalue weighted by molar-refractivity contribution is -0.113. The number of thioether (sulfide) groups is 1. The van der Waals surface area contributed by atoms with Crippen LogP contribution in [0.3, 0.4) is 0 Å². The summed E-state index contributed by atoms with van der Waals surface area (Å²) in [6, 6.07) is 13.1. The number of hydrogen-bond donors (Lipinski definition) is 2. The lowest BCUT2D eigenvalue weighted by atomic mass is 10.1. The highest BCUT2D eigenvalue weighted by Gasteiger charge is 2.11. The minimum atomic E-state index is -0.00831. The number of rotatable bonds is 4. The number of nitrogens with one attached hydrogen (secondary N) is 1. The number of hydrogen-bond acceptors (Lipinski definition) is 3. The molecule has 0 bridgehead atoms. The van der Waals surface area contributed by atoms with Crippen molar-refractivity contribution < 1.29 is 9.90 Å². The fourth-order valence-electron chi connectivity index (χ4n) is 2.54. The Balaban J connectivity index is 1.55. The summed E-state index contributed by atoms with van der Waals surface area (Å²) in [7, 11) is 0. The predicted molar refractivity (Wildman–Crippen MR) is 85.9 cm³/mol. The molecular weight excluding hydrogens is 282 g/mol. The molecule has 2 N–H and O–H groups in total. The number of phenolic OH excluding ortho intramolecular Hbond substituents is 1. The summed E-state index contributed by atoms with van der Waals surface area (Å²) >= 11 is 1.46. The zero-order valence-corrected chi connectivity index (χ0v) is 12.5. The second-order valence-electron chi connectivity index (χ2n) is 5.17. The Morgan fingerprint density at radius 2 is 1.86 bits per heavy atom. The second-order valence-corrected chi connectivity index (χ2v) is 6.22. The van der Waals surface area contributed by atoms with Gasteiger partial charge in [0.15, 0.2) is 0 Å². The SMILES string of the molecule is O=C(CSc1ccc(O)cc1)Nc1ccc2c(c1)CCC2. The Kier molecular flexibility index (Phi) is 4.15. The van der Waals surface area contributed by atoms with Gasteiger partial charge in [-0.15, -0.1) is 11.8 Å². The molecule has 1 aliphatic carbocycles. The lowest BCUT2D eigenvalue weighted by Gasteiger charge is -2.07. The number of aromatic hydroxyl groups is 1. The van der Waals surface area contributed by atoms with Crippen LogP contribution in [0.25, 0.3) is 0 Å². The molecule has 0 aliphatic heterocycles. The van der Waals surface area contributed by atoms with E-state index in [1.165, 1.54) is 29.3 Å². The van der Waals surface area contributed by atoms with Gasteiger partial charge in [0.1, 0.15) is 5.75 Å². The van der Waals surface area contributed by atoms with Crippen LogP contribution in [0.15, 0.2) is 47.4 Å². The molecule has 3 rings (SSSR count). The van der Waals surface area contributed by atoms with Crippen molar-refractivity contribution in [3.63, 3.8) is 0 Å². The highest BCUT2D eigenvalue weighted by molar-refractivity contribution is 8.00. The average molecular weight is 299 g/mol. The predicted octanol–water partition coefficient (Wildman–Crippen LogP) is 3.61. The first kappa shape index (κ1) is 14.0. The normalized spacial score (nSPS) is 13.0. The summed E-state index contributed by atoms with van der Waals surface area (Å²) < 4.78 is 0. The molecule has 1 aliphatic rings. The summed E-state index contributed by atoms with van der Waals surface area (Å²) in [5.41, 5.74) is 3.65. The smallest absolute Gasteiger partial charge is 0.234 e. The van der Waals surface area contributed by atoms with E-state index >= 15 is 0 Å². The summed E-state index contributed by atoms with van der Waals surface area (Å²) in [4.78, 5) is 12.9. The molecule has 0 heterocycles. The van der Waals surface area contributed by atoms with E-state index < -0.39 is 0 Å². The topological polar surface area (TPSA) is 49.3 Å². The van der Waals surface area contributed by atoms with Crippen LogP contribution >= 0.6 is 11.8 Å². The van der Waals surface area contributed by atoms with Crippen molar-refractivity contribution in [2.75, 3.05) is 11.1 Å². The van der Waals surface area contributed by atoms with Crippen LogP contribution in [0.2, 0.25) is 0 Å². The standard InChI is InChI=1S/C17H17NO2S/c19-15-6-8-16(9-7-15)21-11-17(20)18-14-5-4-12-2-1-3-13(12)10-14/h4-10,19H,1-3,11H2,(H,18,20). The first-order valence-electron chi connectivity index (χ1n) is 7.04. The molecule has 0 saturated carbocycles. The molecule has 2 aromatic rings. The Hall–Kier alpha value is -1.94. The maximum Gasteiger partial charge on any atom is 0.234 e. The summed E-state index contributed by atoms with van der Waals surface area (Å²) in [6.07, 6.45) is 3.48. The van der Waals surface area contributed by atoms with Gasteiger partial charge in [0.05, 0.1) is 5.75 Å². The van der Waals surface area contributed by atoms with Crippen molar-refractivity contribution in [3.05, 3.63) is 53.6 Å². The van der Waals surface area contributed by atoms with Gasteiger partial charge in [-0.2, -0.15) is 0 Å². The Labute approximate surface area is 128 Å². The number of carbonyl (C=O) groups is 1. The maximum atomic E-state index is 12.0. The van der Waals surface area contributed by atoms with Crippen molar-refractivity contribution in [2.24, 2.45) is 0 Å². The molecular formula is C17H17NO2S. The van der Waals surface area contributed by atoms with Crippen LogP contribution < -0.4 is 5.32 Å². The number of anilines is 1. The molecule has 0 saturated heterocycles. The van der Waals surface area contributed by atoms with E-state index in [1.807, 2.05) is 18.2 Å². The van der Waals surface area contributed by atoms with E-state index in [9.17, 15) is 9.90 Å². The van der Waals surface area contributed by atoms with Gasteiger partial charge in [0.25, 0.3) is 0 Å². The van der Waals surface area contributed by atoms with Crippen LogP contribution in [0.1, 0.15) is 17.5 Å². The van der Waals surface area contributed by atoms with E-state index in [0.717, 1.165) is 23.4 Å². The van der Waals surface area contributed by atoms with Crippen molar-refractivity contribution in [1.29, 1.82) is 0 Å². The fraction of sp³-hybridized carbons (Fsp3) is 0.235. The number of carbonyl (C=O) groups excluding carboxylic acids is 1. The average Bonchev–Trinajstić information content (AvgIpc) is 2.94. The Morgan fingerprint density at radius 1 is 1.10 bits per heavy atom. The van der Waals surface area contributed by atoms with Gasteiger partial charge in [-0.1, -0.05) is 6.07 Å². The van der Waals surface area contributed by atoms with Gasteiger partial charge in [0.2, 0.25) is 5.91 Å². The third-order valence-corrected chi connectivity index (χ3v) is 4.60. The molecule has 3 nitrogen and oxygen atoms in total. The van der Waals surface area contributed by atoms with Crippen molar-refractivity contribution in [1.82, 2.24) is 0 Å². The molecule has 21 heavy (non-hydrogen) atoms. The van der Waals surface area contributed by atoms with Gasteiger partial charge >= 0.3 is 0 Å². The molecule has 4 heteroatoms. The third kappa shape index (κ3) is 3.58. The van der Waals surface area contributed by atoms with Gasteiger partial charge < -0.3 is 10.4 Å². The molecule has 0 fully saturated rings. The minimum absolute atomic E-state index is 0.00831. The molecule has 0 atom stereocenters. The third-order valence-electron chi connectivity index (χ3n) is 3.59. The van der Waals surface area contributed by atoms with Gasteiger partial charge in [0, 0.05) is 10.6 Å². The first-order valence-corrected chi connectivity index (χ1v) is 8.03. The van der Waals surface area contributed by atoms with E-state index in [-0.39, 0.29) is 11.7 Å². The Morgan fingerprint density at radius 3 is 2.67 bits per heavy atom. The summed E-state index contributed by atoms with van der Waals surface area (Å²) in [5.74, 6) is 0.593. The number of fused-ring (bicyclic) bond motifs is 1. The quantitative estimate of drug-likeness (QED) is 0.848. The van der Waals surface area contributed by atoms with Crippen LogP contribution in [-0.2, 0) is 17.6 Å². The van der Waals surface area contributed by atoms with Crippen LogP contribution in [0, 0.1) is 0 Å². The first-order chi connectivity index (χ1) is 10.2. The highest BCUT2D eigenvalue weighted by atomic mass is 32.2. The van der Waals surface area contributed by atoms with Crippen LogP contribution in [-0.4, -0.2) is 16.8 Å². The van der Waals surface area contributed by atoms with Crippen LogP contribution in [0.5, 0.6) is 5.75 Å². The molecule has 108 valence electrons. The molecule has 0 aromatic heterocycles. The van der Waals surface area contributed by atoms with Gasteiger partial charge in [-0.05, 0) is 66.8 Å². The van der Waals surface area contributed by atoms with Gasteiger partial charge in [-0.3, -0.25) is 4.79 Å². The lowest BCUT2D eigenvalue weighted by Crippen LogP contribution is -2.14. The number of aryl methyl sites for hydroxylation is 2. The molecule has 0 radical (unpaired) electrons. The molecule has 1 amide bonds. The van der Waals surface area contributed by atoms with E-state index in [0.29, 0.717) is 5.75 Å². The summed E-state index contributed by atoms with van der Waals surface area (Å²) in [5, 5.41) is 12.2.